The van der Waals surface area contributed by atoms with Gasteiger partial charge in [-0.25, -0.2) is 4.39 Å². The van der Waals surface area contributed by atoms with Crippen molar-refractivity contribution in [3.63, 3.8) is 0 Å². The Kier molecular flexibility index (Phi) is 2.85. The Morgan fingerprint density at radius 3 is 3.12 bits per heavy atom. The molecule has 0 spiro atoms. The van der Waals surface area contributed by atoms with Gasteiger partial charge in [0.2, 0.25) is 0 Å². The lowest BCUT2D eigenvalue weighted by atomic mass is 10.2. The van der Waals surface area contributed by atoms with Crippen molar-refractivity contribution in [2.75, 3.05) is 6.61 Å². The van der Waals surface area contributed by atoms with Crippen LogP contribution in [-0.4, -0.2) is 22.4 Å². The Bertz CT molecular complexity index is 522. The molecule has 0 radical (unpaired) electrons. The second kappa shape index (κ2) is 4.30. The van der Waals surface area contributed by atoms with Crippen LogP contribution < -0.4 is 0 Å². The van der Waals surface area contributed by atoms with Gasteiger partial charge in [0.15, 0.2) is 0 Å². The molecule has 0 N–H and O–H groups in total. The number of carbonyl (C=O) groups excluding carboxylic acids is 1. The van der Waals surface area contributed by atoms with E-state index in [0.29, 0.717) is 17.5 Å². The Morgan fingerprint density at radius 2 is 2.38 bits per heavy atom. The topological polar surface area (TPSA) is 44.1 Å². The second-order valence-corrected chi connectivity index (χ2v) is 3.33. The molecule has 2 rings (SSSR count). The first-order valence-corrected chi connectivity index (χ1v) is 4.97. The van der Waals surface area contributed by atoms with Gasteiger partial charge in [0.05, 0.1) is 12.1 Å². The molecule has 5 heteroatoms. The molecule has 1 aromatic heterocycles. The van der Waals surface area contributed by atoms with Crippen LogP contribution in [-0.2, 0) is 16.1 Å². The van der Waals surface area contributed by atoms with Gasteiger partial charge in [0.25, 0.3) is 0 Å². The van der Waals surface area contributed by atoms with Gasteiger partial charge in [-0.1, -0.05) is 0 Å². The van der Waals surface area contributed by atoms with E-state index >= 15 is 0 Å². The summed E-state index contributed by atoms with van der Waals surface area (Å²) >= 11 is 0. The number of benzene rings is 1. The van der Waals surface area contributed by atoms with Crippen LogP contribution in [0.2, 0.25) is 0 Å². The van der Waals surface area contributed by atoms with Crippen LogP contribution in [0.25, 0.3) is 10.9 Å². The number of hydrogen-bond donors (Lipinski definition) is 0. The highest BCUT2D eigenvalue weighted by Gasteiger charge is 2.06. The number of carbonyl (C=O) groups is 1. The molecule has 0 aliphatic heterocycles. The number of nitrogens with zero attached hydrogens (tertiary/aromatic N) is 2. The summed E-state index contributed by atoms with van der Waals surface area (Å²) in [5.41, 5.74) is 0.658. The molecule has 16 heavy (non-hydrogen) atoms. The van der Waals surface area contributed by atoms with E-state index in [1.54, 1.807) is 19.2 Å². The van der Waals surface area contributed by atoms with Crippen molar-refractivity contribution in [2.24, 2.45) is 0 Å². The van der Waals surface area contributed by atoms with E-state index in [0.717, 1.165) is 0 Å². The molecule has 0 amide bonds. The monoisotopic (exact) mass is 222 g/mol. The normalized spacial score (nSPS) is 10.6. The first-order valence-electron chi connectivity index (χ1n) is 4.97. The first-order chi connectivity index (χ1) is 7.69. The third-order valence-electron chi connectivity index (χ3n) is 2.11. The molecule has 0 saturated carbocycles. The zero-order valence-electron chi connectivity index (χ0n) is 8.81. The van der Waals surface area contributed by atoms with Gasteiger partial charge in [-0.2, -0.15) is 5.10 Å². The summed E-state index contributed by atoms with van der Waals surface area (Å²) in [6, 6.07) is 4.29. The third kappa shape index (κ3) is 2.18. The smallest absolute Gasteiger partial charge is 0.327 e. The van der Waals surface area contributed by atoms with Crippen molar-refractivity contribution in [3.8, 4) is 0 Å². The maximum absolute atomic E-state index is 12.9. The van der Waals surface area contributed by atoms with Crippen LogP contribution in [0.1, 0.15) is 6.92 Å². The standard InChI is InChI=1S/C11H11FN2O2/c1-2-16-11(15)7-14-6-8-5-9(12)3-4-10(8)13-14/h3-6H,2,7H2,1H3. The molecule has 0 unspecified atom stereocenters. The van der Waals surface area contributed by atoms with Gasteiger partial charge in [-0.15, -0.1) is 0 Å². The Balaban J connectivity index is 2.23. The van der Waals surface area contributed by atoms with Gasteiger partial charge in [-0.05, 0) is 25.1 Å². The molecule has 0 aliphatic carbocycles. The number of fused-ring (bicyclic) bond motifs is 1. The maximum Gasteiger partial charge on any atom is 0.327 e. The van der Waals surface area contributed by atoms with E-state index in [9.17, 15) is 9.18 Å². The number of esters is 1. The zero-order chi connectivity index (χ0) is 11.5. The quantitative estimate of drug-likeness (QED) is 0.743. The number of rotatable bonds is 3. The summed E-state index contributed by atoms with van der Waals surface area (Å²) in [4.78, 5) is 11.2. The van der Waals surface area contributed by atoms with Crippen molar-refractivity contribution in [1.29, 1.82) is 0 Å². The van der Waals surface area contributed by atoms with Crippen LogP contribution >= 0.6 is 0 Å². The molecule has 1 aromatic carbocycles. The van der Waals surface area contributed by atoms with E-state index in [-0.39, 0.29) is 18.3 Å². The molecule has 0 aliphatic rings. The predicted molar refractivity (Wildman–Crippen MR) is 56.3 cm³/mol. The fourth-order valence-electron chi connectivity index (χ4n) is 1.47. The fourth-order valence-corrected chi connectivity index (χ4v) is 1.47. The molecule has 2 aromatic rings. The van der Waals surface area contributed by atoms with Crippen LogP contribution in [0.5, 0.6) is 0 Å². The number of hydrogen-bond acceptors (Lipinski definition) is 3. The maximum atomic E-state index is 12.9. The number of ether oxygens (including phenoxy) is 1. The predicted octanol–water partition coefficient (Wildman–Crippen LogP) is 1.74. The van der Waals surface area contributed by atoms with Crippen LogP contribution in [0.4, 0.5) is 4.39 Å². The Hall–Kier alpha value is -1.91. The van der Waals surface area contributed by atoms with Crippen molar-refractivity contribution in [3.05, 3.63) is 30.2 Å². The van der Waals surface area contributed by atoms with Crippen LogP contribution in [0.15, 0.2) is 24.4 Å². The Morgan fingerprint density at radius 1 is 1.56 bits per heavy atom. The highest BCUT2D eigenvalue weighted by atomic mass is 19.1. The van der Waals surface area contributed by atoms with Gasteiger partial charge < -0.3 is 4.74 Å². The minimum atomic E-state index is -0.351. The van der Waals surface area contributed by atoms with Crippen LogP contribution in [0, 0.1) is 5.82 Å². The average Bonchev–Trinajstić information content (AvgIpc) is 2.59. The summed E-state index contributed by atoms with van der Waals surface area (Å²) < 4.78 is 19.1. The summed E-state index contributed by atoms with van der Waals surface area (Å²) in [5, 5.41) is 4.80. The molecule has 0 bridgehead atoms. The number of aromatic nitrogens is 2. The molecule has 0 saturated heterocycles. The largest absolute Gasteiger partial charge is 0.465 e. The molecule has 1 heterocycles. The summed E-state index contributed by atoms with van der Waals surface area (Å²) in [6.45, 7) is 2.13. The van der Waals surface area contributed by atoms with Crippen molar-refractivity contribution >= 4 is 16.9 Å². The highest BCUT2D eigenvalue weighted by molar-refractivity contribution is 5.78. The van der Waals surface area contributed by atoms with E-state index in [1.807, 2.05) is 0 Å². The first kappa shape index (κ1) is 10.6. The van der Waals surface area contributed by atoms with Crippen molar-refractivity contribution in [1.82, 2.24) is 9.78 Å². The summed E-state index contributed by atoms with van der Waals surface area (Å²) in [6.07, 6.45) is 1.62. The van der Waals surface area contributed by atoms with E-state index in [1.165, 1.54) is 16.8 Å². The molecule has 0 atom stereocenters. The molecule has 4 nitrogen and oxygen atoms in total. The highest BCUT2D eigenvalue weighted by Crippen LogP contribution is 2.13. The third-order valence-corrected chi connectivity index (χ3v) is 2.11. The van der Waals surface area contributed by atoms with Crippen LogP contribution in [0.3, 0.4) is 0 Å². The van der Waals surface area contributed by atoms with E-state index in [4.69, 9.17) is 4.74 Å². The summed E-state index contributed by atoms with van der Waals surface area (Å²) in [5.74, 6) is -0.668. The lowest BCUT2D eigenvalue weighted by Crippen LogP contribution is -2.13. The van der Waals surface area contributed by atoms with E-state index < -0.39 is 0 Å². The Labute approximate surface area is 91.6 Å². The lowest BCUT2D eigenvalue weighted by Gasteiger charge is -2.00. The molecule has 84 valence electrons. The molecular formula is C11H11FN2O2. The molecule has 0 fully saturated rings. The summed E-state index contributed by atoms with van der Waals surface area (Å²) in [7, 11) is 0. The van der Waals surface area contributed by atoms with Crippen molar-refractivity contribution in [2.45, 2.75) is 13.5 Å². The van der Waals surface area contributed by atoms with Crippen molar-refractivity contribution < 1.29 is 13.9 Å². The van der Waals surface area contributed by atoms with Gasteiger partial charge in [0.1, 0.15) is 12.4 Å². The minimum Gasteiger partial charge on any atom is -0.465 e. The van der Waals surface area contributed by atoms with Gasteiger partial charge in [-0.3, -0.25) is 9.48 Å². The SMILES string of the molecule is CCOC(=O)Cn1cc2cc(F)ccc2n1. The second-order valence-electron chi connectivity index (χ2n) is 3.33. The van der Waals surface area contributed by atoms with E-state index in [2.05, 4.69) is 5.10 Å². The zero-order valence-corrected chi connectivity index (χ0v) is 8.81. The molecular weight excluding hydrogens is 211 g/mol. The minimum absolute atomic E-state index is 0.0458. The van der Waals surface area contributed by atoms with Gasteiger partial charge in [0, 0.05) is 11.6 Å². The average molecular weight is 222 g/mol. The van der Waals surface area contributed by atoms with Gasteiger partial charge >= 0.3 is 5.97 Å². The lowest BCUT2D eigenvalue weighted by molar-refractivity contribution is -0.144. The number of halogens is 1. The fraction of sp³-hybridized carbons (Fsp3) is 0.273.